The van der Waals surface area contributed by atoms with Crippen molar-refractivity contribution in [2.24, 2.45) is 11.8 Å². The summed E-state index contributed by atoms with van der Waals surface area (Å²) in [6.07, 6.45) is 23.3. The maximum Gasteiger partial charge on any atom is 0.135 e. The van der Waals surface area contributed by atoms with Gasteiger partial charge >= 0.3 is 0 Å². The number of anilines is 7. The average molecular weight is 1410 g/mol. The number of pyridine rings is 1. The van der Waals surface area contributed by atoms with Crippen molar-refractivity contribution in [3.8, 4) is 17.0 Å². The van der Waals surface area contributed by atoms with Crippen molar-refractivity contribution < 1.29 is 8.83 Å². The van der Waals surface area contributed by atoms with E-state index in [0.29, 0.717) is 0 Å². The summed E-state index contributed by atoms with van der Waals surface area (Å²) in [5.41, 5.74) is 18.4. The van der Waals surface area contributed by atoms with Crippen LogP contribution in [0.3, 0.4) is 0 Å². The van der Waals surface area contributed by atoms with E-state index in [1.165, 1.54) is 67.9 Å². The Balaban J connectivity index is 0.872. The molecule has 0 spiro atoms. The van der Waals surface area contributed by atoms with E-state index in [1.54, 1.807) is 0 Å². The monoisotopic (exact) mass is 1410 g/mol. The Morgan fingerprint density at radius 3 is 1.66 bits per heavy atom. The molecule has 3 atom stereocenters. The average Bonchev–Trinajstić information content (AvgIpc) is 1.52. The third-order valence-corrected chi connectivity index (χ3v) is 24.4. The lowest BCUT2D eigenvalue weighted by molar-refractivity contribution is 0.563. The summed E-state index contributed by atoms with van der Waals surface area (Å²) in [6.45, 7) is 14.5. The number of thiophene rings is 2. The Morgan fingerprint density at radius 1 is 0.481 bits per heavy atom. The fourth-order valence-corrected chi connectivity index (χ4v) is 19.1. The number of aromatic nitrogens is 2. The van der Waals surface area contributed by atoms with Gasteiger partial charge < -0.3 is 33.4 Å². The molecule has 0 saturated heterocycles. The van der Waals surface area contributed by atoms with Gasteiger partial charge in [0.1, 0.15) is 22.7 Å². The number of para-hydroxylation sites is 2. The normalized spacial score (nSPS) is 16.1. The molecule has 0 fully saturated rings. The van der Waals surface area contributed by atoms with Gasteiger partial charge in [0.05, 0.1) is 28.5 Å². The summed E-state index contributed by atoms with van der Waals surface area (Å²) < 4.78 is 20.7. The maximum absolute atomic E-state index is 6.57. The highest BCUT2D eigenvalue weighted by atomic mass is 32.1. The Hall–Kier alpha value is -12.0. The van der Waals surface area contributed by atoms with E-state index in [0.717, 1.165) is 125 Å². The van der Waals surface area contributed by atoms with Crippen molar-refractivity contribution in [3.05, 3.63) is 332 Å². The molecule has 6 aromatic heterocycles. The summed E-state index contributed by atoms with van der Waals surface area (Å²) in [5, 5.41) is 16.5. The molecule has 17 aromatic rings. The van der Waals surface area contributed by atoms with Crippen LogP contribution in [0.15, 0.2) is 318 Å². The first-order chi connectivity index (χ1) is 51.8. The topological polar surface area (TPSA) is 67.9 Å². The largest absolute Gasteiger partial charge is 0.690 e. The molecule has 3 unspecified atom stereocenters. The van der Waals surface area contributed by atoms with Gasteiger partial charge in [0.25, 0.3) is 0 Å². The van der Waals surface area contributed by atoms with E-state index >= 15 is 0 Å². The fourth-order valence-electron chi connectivity index (χ4n) is 16.5. The van der Waals surface area contributed by atoms with Crippen LogP contribution in [0.1, 0.15) is 64.9 Å². The van der Waals surface area contributed by atoms with Gasteiger partial charge in [-0.2, -0.15) is 6.20 Å². The van der Waals surface area contributed by atoms with Crippen LogP contribution >= 0.6 is 22.7 Å². The fraction of sp³-hybridized carbons (Fsp3) is 0.135. The number of nitrogens with zero attached hydrogens (tertiary/aromatic N) is 6. The highest BCUT2D eigenvalue weighted by molar-refractivity contribution is 7.28. The van der Waals surface area contributed by atoms with Crippen LogP contribution in [0.4, 0.5) is 39.8 Å². The van der Waals surface area contributed by atoms with Crippen molar-refractivity contribution in [2.45, 2.75) is 64.8 Å². The van der Waals surface area contributed by atoms with Gasteiger partial charge in [-0.3, -0.25) is 4.98 Å². The molecule has 2 aliphatic carbocycles. The summed E-state index contributed by atoms with van der Waals surface area (Å²) in [7, 11) is 0. The molecule has 20 rings (SSSR count). The molecule has 0 N–H and O–H groups in total. The van der Waals surface area contributed by atoms with Crippen LogP contribution in [0, 0.1) is 11.8 Å². The zero-order valence-electron chi connectivity index (χ0n) is 59.8. The minimum absolute atomic E-state index is 0.00718. The zero-order valence-corrected chi connectivity index (χ0v) is 61.5. The standard InChI is InChI=1S/C96H75N6O2S2/c1-95(2,3)67-29-39-69(40-30-67)99(70-41-31-68(32-42-70)96(4,5)6)71-43-45-74(46-44-71)102-81-55-79(100(75-37-27-65-57-97-49-47-61(65)51-75)72-33-23-59(24-34-72)85-53-63-15-7-11-19-83(63)103-85)89-77-17-9-13-21-87(77)105-93(89)91(81)92-82(102)56-80(90-78-18-10-14-22-88(78)106-94(90)92)101(76-38-28-66-58-98-50-48-62(66)52-76)73-35-25-60(26-36-73)86-54-64-16-8-12-20-84(64)104-86/h7-35,37-57,62,66,73H,36,58H2,1-6H3/q-1. The number of hydrogen-bond donors (Lipinski definition) is 0. The first-order valence-electron chi connectivity index (χ1n) is 36.8. The van der Waals surface area contributed by atoms with Crippen LogP contribution in [0.2, 0.25) is 0 Å². The van der Waals surface area contributed by atoms with Gasteiger partial charge in [-0.05, 0) is 185 Å². The number of allylic oxidation sites excluding steroid dienone is 5. The molecule has 0 amide bonds. The van der Waals surface area contributed by atoms with Gasteiger partial charge in [-0.25, -0.2) is 0 Å². The Morgan fingerprint density at radius 2 is 1.04 bits per heavy atom. The molecule has 0 bridgehead atoms. The third-order valence-electron chi connectivity index (χ3n) is 22.0. The first kappa shape index (κ1) is 63.7. The number of fused-ring (bicyclic) bond motifs is 15. The molecule has 8 nitrogen and oxygen atoms in total. The lowest BCUT2D eigenvalue weighted by atomic mass is 9.85. The van der Waals surface area contributed by atoms with Crippen molar-refractivity contribution >= 4 is 163 Å². The zero-order chi connectivity index (χ0) is 71.1. The number of rotatable bonds is 12. The summed E-state index contributed by atoms with van der Waals surface area (Å²) in [5.74, 6) is 2.18. The van der Waals surface area contributed by atoms with Crippen molar-refractivity contribution in [1.29, 1.82) is 0 Å². The van der Waals surface area contributed by atoms with Crippen LogP contribution in [-0.4, -0.2) is 22.1 Å². The van der Waals surface area contributed by atoms with Crippen LogP contribution < -0.4 is 14.7 Å². The Labute approximate surface area is 623 Å². The van der Waals surface area contributed by atoms with Gasteiger partial charge in [0, 0.05) is 137 Å². The van der Waals surface area contributed by atoms with Crippen LogP contribution in [-0.2, 0) is 10.8 Å². The number of hydrogen-bond acceptors (Lipinski definition) is 8. The summed E-state index contributed by atoms with van der Waals surface area (Å²) in [4.78, 5) is 12.2. The van der Waals surface area contributed by atoms with Gasteiger partial charge in [-0.1, -0.05) is 181 Å². The minimum atomic E-state index is -0.0689. The predicted octanol–water partition coefficient (Wildman–Crippen LogP) is 27.6. The third kappa shape index (κ3) is 10.8. The van der Waals surface area contributed by atoms with E-state index in [1.807, 2.05) is 59.5 Å². The quantitative estimate of drug-likeness (QED) is 0.121. The molecule has 10 heteroatoms. The molecule has 11 aromatic carbocycles. The molecular weight excluding hydrogens is 1330 g/mol. The van der Waals surface area contributed by atoms with Crippen LogP contribution in [0.25, 0.3) is 123 Å². The molecular formula is C96H75N6O2S2-. The SMILES string of the molecule is CC(C)(C)c1ccc(N(c2ccc(-n3c4cc(N(c5ccc(-c6cc7ccccc7o6)cc5)c5ccc6cnccc6c5)c5c6ccccc6sc5c4c4c5sc6ccccc6c5c(N(C5=CC6C=C[N-]CC6C=C5)C5C=CC(c6cc7ccccc7o6)=CC5)cc43)cc2)c2ccc(C(C)(C)C)cc2)cc1. The molecule has 3 aliphatic rings. The second kappa shape index (κ2) is 24.9. The Kier molecular flexibility index (Phi) is 14.9. The first-order valence-corrected chi connectivity index (χ1v) is 38.4. The van der Waals surface area contributed by atoms with Crippen molar-refractivity contribution in [3.63, 3.8) is 0 Å². The molecule has 0 saturated carbocycles. The molecule has 1 aliphatic heterocycles. The lowest BCUT2D eigenvalue weighted by Crippen LogP contribution is -2.35. The van der Waals surface area contributed by atoms with Crippen LogP contribution in [0.5, 0.6) is 0 Å². The molecule has 514 valence electrons. The van der Waals surface area contributed by atoms with Crippen molar-refractivity contribution in [1.82, 2.24) is 9.55 Å². The highest BCUT2D eigenvalue weighted by Crippen LogP contribution is 2.56. The molecule has 7 heterocycles. The number of furan rings is 2. The summed E-state index contributed by atoms with van der Waals surface area (Å²) >= 11 is 3.82. The molecule has 0 radical (unpaired) electrons. The number of benzene rings is 11. The van der Waals surface area contributed by atoms with Crippen molar-refractivity contribution in [2.75, 3.05) is 21.2 Å². The minimum Gasteiger partial charge on any atom is -0.690 e. The van der Waals surface area contributed by atoms with E-state index in [2.05, 4.69) is 333 Å². The Bertz CT molecular complexity index is 6420. The summed E-state index contributed by atoms with van der Waals surface area (Å²) in [6, 6.07) is 89.7. The smallest absolute Gasteiger partial charge is 0.135 e. The van der Waals surface area contributed by atoms with E-state index < -0.39 is 0 Å². The van der Waals surface area contributed by atoms with E-state index in [-0.39, 0.29) is 28.7 Å². The highest BCUT2D eigenvalue weighted by Gasteiger charge is 2.33. The second-order valence-corrected chi connectivity index (χ2v) is 32.7. The predicted molar refractivity (Wildman–Crippen MR) is 450 cm³/mol. The lowest BCUT2D eigenvalue weighted by Gasteiger charge is -2.39. The maximum atomic E-state index is 6.57. The molecule has 106 heavy (non-hydrogen) atoms. The van der Waals surface area contributed by atoms with Gasteiger partial charge in [0.2, 0.25) is 0 Å². The van der Waals surface area contributed by atoms with E-state index in [9.17, 15) is 0 Å². The van der Waals surface area contributed by atoms with Gasteiger partial charge in [-0.15, -0.1) is 29.2 Å². The second-order valence-electron chi connectivity index (χ2n) is 30.6. The van der Waals surface area contributed by atoms with Gasteiger partial charge in [0.15, 0.2) is 0 Å². The van der Waals surface area contributed by atoms with E-state index in [4.69, 9.17) is 14.2 Å².